The summed E-state index contributed by atoms with van der Waals surface area (Å²) in [6.45, 7) is 4.97. The Morgan fingerprint density at radius 1 is 1.39 bits per heavy atom. The molecular formula is C18H29N3O2. The monoisotopic (exact) mass is 319 g/mol. The molecule has 1 fully saturated rings. The maximum absolute atomic E-state index is 12.1. The average Bonchev–Trinajstić information content (AvgIpc) is 2.55. The molecule has 128 valence electrons. The third-order valence-electron chi connectivity index (χ3n) is 4.78. The standard InChI is InChI=1S/C18H29N3O2/c1-13-6-7-17(14(2)9-13)21-18(23)20-11-15(12-22)10-16-5-3-4-8-19-16/h3-5,8,13-15,17,22H,6-7,9-12H2,1-2H3,(H2,20,21,23)/t13-,14+,15+,17+/m1/s1. The average molecular weight is 319 g/mol. The van der Waals surface area contributed by atoms with Crippen LogP contribution in [0.3, 0.4) is 0 Å². The zero-order valence-corrected chi connectivity index (χ0v) is 14.2. The van der Waals surface area contributed by atoms with Gasteiger partial charge in [-0.1, -0.05) is 19.9 Å². The number of hydrogen-bond acceptors (Lipinski definition) is 3. The number of nitrogens with one attached hydrogen (secondary N) is 2. The summed E-state index contributed by atoms with van der Waals surface area (Å²) < 4.78 is 0. The topological polar surface area (TPSA) is 74.2 Å². The first-order valence-corrected chi connectivity index (χ1v) is 8.63. The van der Waals surface area contributed by atoms with E-state index in [1.807, 2.05) is 18.2 Å². The van der Waals surface area contributed by atoms with Crippen LogP contribution in [0, 0.1) is 17.8 Å². The molecule has 0 radical (unpaired) electrons. The Bertz CT molecular complexity index is 480. The van der Waals surface area contributed by atoms with Gasteiger partial charge in [-0.15, -0.1) is 0 Å². The third kappa shape index (κ3) is 5.82. The lowest BCUT2D eigenvalue weighted by Gasteiger charge is -2.33. The van der Waals surface area contributed by atoms with Crippen molar-refractivity contribution in [1.82, 2.24) is 15.6 Å². The highest BCUT2D eigenvalue weighted by Gasteiger charge is 2.26. The molecule has 1 heterocycles. The molecule has 1 saturated carbocycles. The van der Waals surface area contributed by atoms with Crippen LogP contribution in [0.4, 0.5) is 4.79 Å². The first-order chi connectivity index (χ1) is 11.1. The Balaban J connectivity index is 1.74. The fraction of sp³-hybridized carbons (Fsp3) is 0.667. The molecule has 0 aliphatic heterocycles. The number of carbonyl (C=O) groups excluding carboxylic acids is 1. The van der Waals surface area contributed by atoms with Gasteiger partial charge in [-0.3, -0.25) is 4.98 Å². The van der Waals surface area contributed by atoms with Gasteiger partial charge in [0.05, 0.1) is 0 Å². The molecule has 2 rings (SSSR count). The van der Waals surface area contributed by atoms with E-state index in [4.69, 9.17) is 0 Å². The van der Waals surface area contributed by atoms with Gasteiger partial charge in [-0.2, -0.15) is 0 Å². The number of nitrogens with zero attached hydrogens (tertiary/aromatic N) is 1. The molecular weight excluding hydrogens is 290 g/mol. The van der Waals surface area contributed by atoms with E-state index in [2.05, 4.69) is 29.5 Å². The number of urea groups is 1. The smallest absolute Gasteiger partial charge is 0.315 e. The summed E-state index contributed by atoms with van der Waals surface area (Å²) >= 11 is 0. The molecule has 23 heavy (non-hydrogen) atoms. The van der Waals surface area contributed by atoms with Crippen molar-refractivity contribution in [2.45, 2.75) is 45.6 Å². The molecule has 0 aromatic carbocycles. The van der Waals surface area contributed by atoms with E-state index in [0.29, 0.717) is 18.9 Å². The van der Waals surface area contributed by atoms with Crippen molar-refractivity contribution in [3.8, 4) is 0 Å². The van der Waals surface area contributed by atoms with E-state index in [1.54, 1.807) is 6.20 Å². The van der Waals surface area contributed by atoms with Crippen LogP contribution in [0.1, 0.15) is 38.8 Å². The fourth-order valence-corrected chi connectivity index (χ4v) is 3.35. The summed E-state index contributed by atoms with van der Waals surface area (Å²) in [5, 5.41) is 15.5. The van der Waals surface area contributed by atoms with Gasteiger partial charge in [-0.05, 0) is 49.7 Å². The Labute approximate surface area is 138 Å². The molecule has 5 nitrogen and oxygen atoms in total. The van der Waals surface area contributed by atoms with E-state index < -0.39 is 0 Å². The zero-order chi connectivity index (χ0) is 16.7. The van der Waals surface area contributed by atoms with Gasteiger partial charge in [0.15, 0.2) is 0 Å². The molecule has 0 spiro atoms. The van der Waals surface area contributed by atoms with Gasteiger partial charge in [0.1, 0.15) is 0 Å². The van der Waals surface area contributed by atoms with Crippen molar-refractivity contribution in [2.24, 2.45) is 17.8 Å². The lowest BCUT2D eigenvalue weighted by Crippen LogP contribution is -2.48. The van der Waals surface area contributed by atoms with Crippen molar-refractivity contribution < 1.29 is 9.90 Å². The summed E-state index contributed by atoms with van der Waals surface area (Å²) in [6, 6.07) is 5.87. The quantitative estimate of drug-likeness (QED) is 0.753. The van der Waals surface area contributed by atoms with Gasteiger partial charge in [0.25, 0.3) is 0 Å². The van der Waals surface area contributed by atoms with Crippen LogP contribution in [-0.4, -0.2) is 35.3 Å². The van der Waals surface area contributed by atoms with Crippen molar-refractivity contribution in [3.63, 3.8) is 0 Å². The summed E-state index contributed by atoms with van der Waals surface area (Å²) in [7, 11) is 0. The highest BCUT2D eigenvalue weighted by Crippen LogP contribution is 2.28. The van der Waals surface area contributed by atoms with Gasteiger partial charge in [-0.25, -0.2) is 4.79 Å². The molecule has 2 amide bonds. The first kappa shape index (κ1) is 17.7. The predicted octanol–water partition coefficient (Wildman–Crippen LogP) is 2.36. The highest BCUT2D eigenvalue weighted by molar-refractivity contribution is 5.74. The summed E-state index contributed by atoms with van der Waals surface area (Å²) in [4.78, 5) is 16.4. The Morgan fingerprint density at radius 3 is 2.87 bits per heavy atom. The van der Waals surface area contributed by atoms with Crippen molar-refractivity contribution >= 4 is 6.03 Å². The molecule has 5 heteroatoms. The van der Waals surface area contributed by atoms with Crippen LogP contribution < -0.4 is 10.6 Å². The first-order valence-electron chi connectivity index (χ1n) is 8.63. The summed E-state index contributed by atoms with van der Waals surface area (Å²) in [5.41, 5.74) is 0.934. The van der Waals surface area contributed by atoms with E-state index in [9.17, 15) is 9.90 Å². The number of carbonyl (C=O) groups is 1. The van der Waals surface area contributed by atoms with Gasteiger partial charge >= 0.3 is 6.03 Å². The number of hydrogen-bond donors (Lipinski definition) is 3. The molecule has 1 aromatic heterocycles. The van der Waals surface area contributed by atoms with Crippen LogP contribution in [0.5, 0.6) is 0 Å². The lowest BCUT2D eigenvalue weighted by atomic mass is 9.80. The second kappa shape index (κ2) is 8.87. The van der Waals surface area contributed by atoms with Gasteiger partial charge in [0.2, 0.25) is 0 Å². The van der Waals surface area contributed by atoms with Crippen LogP contribution in [-0.2, 0) is 6.42 Å². The number of aromatic nitrogens is 1. The Hall–Kier alpha value is -1.62. The van der Waals surface area contributed by atoms with E-state index in [-0.39, 0.29) is 24.6 Å². The maximum atomic E-state index is 12.1. The van der Waals surface area contributed by atoms with Crippen LogP contribution >= 0.6 is 0 Å². The highest BCUT2D eigenvalue weighted by atomic mass is 16.3. The fourth-order valence-electron chi connectivity index (χ4n) is 3.35. The second-order valence-electron chi connectivity index (χ2n) is 6.93. The van der Waals surface area contributed by atoms with Crippen LogP contribution in [0.25, 0.3) is 0 Å². The zero-order valence-electron chi connectivity index (χ0n) is 14.2. The molecule has 1 aromatic rings. The molecule has 0 saturated heterocycles. The molecule has 4 atom stereocenters. The van der Waals surface area contributed by atoms with Crippen LogP contribution in [0.15, 0.2) is 24.4 Å². The van der Waals surface area contributed by atoms with Crippen LogP contribution in [0.2, 0.25) is 0 Å². The molecule has 0 unspecified atom stereocenters. The molecule has 1 aliphatic rings. The minimum absolute atomic E-state index is 0.0144. The second-order valence-corrected chi connectivity index (χ2v) is 6.93. The minimum Gasteiger partial charge on any atom is -0.396 e. The largest absolute Gasteiger partial charge is 0.396 e. The Kier molecular flexibility index (Phi) is 6.84. The maximum Gasteiger partial charge on any atom is 0.315 e. The van der Waals surface area contributed by atoms with E-state index >= 15 is 0 Å². The number of aliphatic hydroxyl groups excluding tert-OH is 1. The minimum atomic E-state index is -0.129. The van der Waals surface area contributed by atoms with E-state index in [1.165, 1.54) is 12.8 Å². The SMILES string of the molecule is C[C@@H]1CC[C@H](NC(=O)NC[C@@H](CO)Cc2ccccn2)[C@@H](C)C1. The predicted molar refractivity (Wildman–Crippen MR) is 91.0 cm³/mol. The van der Waals surface area contributed by atoms with E-state index in [0.717, 1.165) is 18.0 Å². The number of pyridine rings is 1. The third-order valence-corrected chi connectivity index (χ3v) is 4.78. The number of aliphatic hydroxyl groups is 1. The van der Waals surface area contributed by atoms with Crippen molar-refractivity contribution in [1.29, 1.82) is 0 Å². The molecule has 3 N–H and O–H groups in total. The van der Waals surface area contributed by atoms with Crippen molar-refractivity contribution in [3.05, 3.63) is 30.1 Å². The Morgan fingerprint density at radius 2 is 2.22 bits per heavy atom. The lowest BCUT2D eigenvalue weighted by molar-refractivity contribution is 0.197. The number of amides is 2. The summed E-state index contributed by atoms with van der Waals surface area (Å²) in [5.74, 6) is 1.26. The van der Waals surface area contributed by atoms with Gasteiger partial charge in [0, 0.05) is 37.0 Å². The normalized spacial score (nSPS) is 25.6. The molecule has 1 aliphatic carbocycles. The number of rotatable bonds is 6. The molecule has 0 bridgehead atoms. The van der Waals surface area contributed by atoms with Crippen molar-refractivity contribution in [2.75, 3.05) is 13.2 Å². The summed E-state index contributed by atoms with van der Waals surface area (Å²) in [6.07, 6.45) is 5.80. The van der Waals surface area contributed by atoms with Gasteiger partial charge < -0.3 is 15.7 Å².